The minimum atomic E-state index is 0.581. The third-order valence-electron chi connectivity index (χ3n) is 2.58. The van der Waals surface area contributed by atoms with Crippen LogP contribution in [0.2, 0.25) is 0 Å². The fourth-order valence-electron chi connectivity index (χ4n) is 1.98. The first-order valence-corrected chi connectivity index (χ1v) is 5.19. The Hall–Kier alpha value is -1.11. The summed E-state index contributed by atoms with van der Waals surface area (Å²) in [5.74, 6) is 1.30. The number of hydrogen-bond acceptors (Lipinski definition) is 1. The van der Waals surface area contributed by atoms with Gasteiger partial charge in [-0.25, -0.2) is 0 Å². The Morgan fingerprint density at radius 1 is 1.64 bits per heavy atom. The number of hydrogen-bond donors (Lipinski definition) is 0. The van der Waals surface area contributed by atoms with Crippen molar-refractivity contribution >= 4 is 6.72 Å². The SMILES string of the molecule is C=CC1=C(N=C)C=CCC1CC(C)C. The van der Waals surface area contributed by atoms with E-state index in [2.05, 4.69) is 38.2 Å². The van der Waals surface area contributed by atoms with E-state index in [-0.39, 0.29) is 0 Å². The summed E-state index contributed by atoms with van der Waals surface area (Å²) in [6.45, 7) is 11.9. The van der Waals surface area contributed by atoms with Crippen LogP contribution in [0.1, 0.15) is 26.7 Å². The average molecular weight is 189 g/mol. The van der Waals surface area contributed by atoms with Gasteiger partial charge in [-0.1, -0.05) is 32.6 Å². The van der Waals surface area contributed by atoms with Crippen molar-refractivity contribution in [3.63, 3.8) is 0 Å². The highest BCUT2D eigenvalue weighted by molar-refractivity contribution is 5.42. The zero-order valence-electron chi connectivity index (χ0n) is 9.16. The molecule has 0 spiro atoms. The summed E-state index contributed by atoms with van der Waals surface area (Å²) in [5, 5.41) is 0. The molecule has 0 aliphatic heterocycles. The van der Waals surface area contributed by atoms with E-state index in [0.717, 1.165) is 12.1 Å². The molecule has 76 valence electrons. The van der Waals surface area contributed by atoms with Crippen molar-refractivity contribution in [3.8, 4) is 0 Å². The van der Waals surface area contributed by atoms with E-state index in [9.17, 15) is 0 Å². The third kappa shape index (κ3) is 2.44. The van der Waals surface area contributed by atoms with Crippen molar-refractivity contribution in [2.45, 2.75) is 26.7 Å². The van der Waals surface area contributed by atoms with Crippen molar-refractivity contribution < 1.29 is 0 Å². The summed E-state index contributed by atoms with van der Waals surface area (Å²) in [7, 11) is 0. The van der Waals surface area contributed by atoms with Gasteiger partial charge in [0.15, 0.2) is 0 Å². The van der Waals surface area contributed by atoms with Crippen molar-refractivity contribution in [1.82, 2.24) is 0 Å². The highest BCUT2D eigenvalue weighted by Gasteiger charge is 2.18. The van der Waals surface area contributed by atoms with Gasteiger partial charge in [-0.2, -0.15) is 0 Å². The van der Waals surface area contributed by atoms with Gasteiger partial charge in [-0.15, -0.1) is 0 Å². The summed E-state index contributed by atoms with van der Waals surface area (Å²) < 4.78 is 0. The normalized spacial score (nSPS) is 21.5. The van der Waals surface area contributed by atoms with Gasteiger partial charge >= 0.3 is 0 Å². The largest absolute Gasteiger partial charge is 0.264 e. The molecule has 1 unspecified atom stereocenters. The van der Waals surface area contributed by atoms with Crippen molar-refractivity contribution in [2.24, 2.45) is 16.8 Å². The Labute approximate surface area is 86.9 Å². The fraction of sp³-hybridized carbons (Fsp3) is 0.462. The molecule has 0 aromatic rings. The predicted octanol–water partition coefficient (Wildman–Crippen LogP) is 3.75. The molecule has 0 fully saturated rings. The van der Waals surface area contributed by atoms with Crippen molar-refractivity contribution in [2.75, 3.05) is 0 Å². The molecule has 0 radical (unpaired) electrons. The molecule has 0 saturated heterocycles. The van der Waals surface area contributed by atoms with Crippen LogP contribution in [0, 0.1) is 11.8 Å². The Bertz CT molecular complexity index is 282. The number of rotatable bonds is 4. The summed E-state index contributed by atoms with van der Waals surface area (Å²) in [4.78, 5) is 4.03. The maximum Gasteiger partial charge on any atom is 0.0653 e. The summed E-state index contributed by atoms with van der Waals surface area (Å²) >= 11 is 0. The maximum absolute atomic E-state index is 4.03. The van der Waals surface area contributed by atoms with Gasteiger partial charge in [0.25, 0.3) is 0 Å². The third-order valence-corrected chi connectivity index (χ3v) is 2.58. The lowest BCUT2D eigenvalue weighted by molar-refractivity contribution is 0.462. The first-order valence-electron chi connectivity index (χ1n) is 5.19. The van der Waals surface area contributed by atoms with Gasteiger partial charge in [-0.05, 0) is 43.0 Å². The second kappa shape index (κ2) is 4.94. The van der Waals surface area contributed by atoms with Crippen LogP contribution in [-0.4, -0.2) is 6.72 Å². The smallest absolute Gasteiger partial charge is 0.0653 e. The molecule has 0 heterocycles. The van der Waals surface area contributed by atoms with Crippen LogP contribution < -0.4 is 0 Å². The topological polar surface area (TPSA) is 12.4 Å². The molecule has 1 aliphatic carbocycles. The molecule has 1 nitrogen and oxygen atoms in total. The lowest BCUT2D eigenvalue weighted by Gasteiger charge is -2.22. The summed E-state index contributed by atoms with van der Waals surface area (Å²) in [6.07, 6.45) is 8.47. The minimum Gasteiger partial charge on any atom is -0.264 e. The van der Waals surface area contributed by atoms with Crippen LogP contribution in [-0.2, 0) is 0 Å². The van der Waals surface area contributed by atoms with E-state index in [1.54, 1.807) is 0 Å². The zero-order chi connectivity index (χ0) is 10.6. The second-order valence-corrected chi connectivity index (χ2v) is 4.17. The summed E-state index contributed by atoms with van der Waals surface area (Å²) in [6, 6.07) is 0. The second-order valence-electron chi connectivity index (χ2n) is 4.17. The molecule has 1 atom stereocenters. The van der Waals surface area contributed by atoms with Crippen LogP contribution in [0.5, 0.6) is 0 Å². The molecular formula is C13H19N. The monoisotopic (exact) mass is 189 g/mol. The number of allylic oxidation sites excluding steroid dienone is 4. The highest BCUT2D eigenvalue weighted by Crippen LogP contribution is 2.31. The molecule has 0 aromatic heterocycles. The molecule has 0 bridgehead atoms. The summed E-state index contributed by atoms with van der Waals surface area (Å²) in [5.41, 5.74) is 2.26. The van der Waals surface area contributed by atoms with E-state index in [1.807, 2.05) is 12.2 Å². The molecule has 0 N–H and O–H groups in total. The van der Waals surface area contributed by atoms with Gasteiger partial charge in [0, 0.05) is 0 Å². The van der Waals surface area contributed by atoms with Gasteiger partial charge < -0.3 is 0 Å². The van der Waals surface area contributed by atoms with Crippen LogP contribution >= 0.6 is 0 Å². The molecule has 14 heavy (non-hydrogen) atoms. The van der Waals surface area contributed by atoms with Crippen LogP contribution in [0.3, 0.4) is 0 Å². The lowest BCUT2D eigenvalue weighted by Crippen LogP contribution is -2.10. The van der Waals surface area contributed by atoms with Gasteiger partial charge in [0.05, 0.1) is 5.70 Å². The first-order chi connectivity index (χ1) is 6.69. The molecule has 1 heteroatoms. The van der Waals surface area contributed by atoms with Crippen LogP contribution in [0.15, 0.2) is 41.1 Å². The number of nitrogens with zero attached hydrogens (tertiary/aromatic N) is 1. The Kier molecular flexibility index (Phi) is 3.87. The van der Waals surface area contributed by atoms with E-state index < -0.39 is 0 Å². The Morgan fingerprint density at radius 2 is 2.36 bits per heavy atom. The number of aliphatic imine (C=N–C) groups is 1. The fourth-order valence-corrected chi connectivity index (χ4v) is 1.98. The van der Waals surface area contributed by atoms with Crippen molar-refractivity contribution in [1.29, 1.82) is 0 Å². The average Bonchev–Trinajstić information content (AvgIpc) is 2.16. The molecule has 1 rings (SSSR count). The van der Waals surface area contributed by atoms with E-state index in [4.69, 9.17) is 0 Å². The highest BCUT2D eigenvalue weighted by atomic mass is 14.7. The zero-order valence-corrected chi connectivity index (χ0v) is 9.16. The van der Waals surface area contributed by atoms with Gasteiger partial charge in [0.1, 0.15) is 0 Å². The molecule has 1 aliphatic rings. The minimum absolute atomic E-state index is 0.581. The predicted molar refractivity (Wildman–Crippen MR) is 63.5 cm³/mol. The molecule has 0 amide bonds. The Balaban J connectivity index is 2.88. The quantitative estimate of drug-likeness (QED) is 0.597. The molecule has 0 aromatic carbocycles. The van der Waals surface area contributed by atoms with Gasteiger partial charge in [0.2, 0.25) is 0 Å². The Morgan fingerprint density at radius 3 is 2.86 bits per heavy atom. The molecular weight excluding hydrogens is 170 g/mol. The van der Waals surface area contributed by atoms with Crippen LogP contribution in [0.25, 0.3) is 0 Å². The van der Waals surface area contributed by atoms with Crippen LogP contribution in [0.4, 0.5) is 0 Å². The maximum atomic E-state index is 4.03. The standard InChI is InChI=1S/C13H19N/c1-5-12-11(9-10(2)3)7-6-8-13(12)14-4/h5-6,8,10-11H,1,4,7,9H2,2-3H3. The van der Waals surface area contributed by atoms with Crippen molar-refractivity contribution in [3.05, 3.63) is 36.1 Å². The van der Waals surface area contributed by atoms with E-state index in [0.29, 0.717) is 11.8 Å². The molecule has 0 saturated carbocycles. The first kappa shape index (κ1) is 11.0. The van der Waals surface area contributed by atoms with E-state index in [1.165, 1.54) is 12.0 Å². The van der Waals surface area contributed by atoms with E-state index >= 15 is 0 Å². The lowest BCUT2D eigenvalue weighted by atomic mass is 9.83. The van der Waals surface area contributed by atoms with Gasteiger partial charge in [-0.3, -0.25) is 4.99 Å².